The molecule has 1 aromatic carbocycles. The number of aliphatic carboxylic acids is 1. The molecule has 0 aliphatic rings. The van der Waals surface area contributed by atoms with Gasteiger partial charge in [0.1, 0.15) is 5.75 Å². The molecule has 1 atom stereocenters. The molecule has 5 heteroatoms. The van der Waals surface area contributed by atoms with Gasteiger partial charge < -0.3 is 9.84 Å². The number of carbonyl (C=O) groups is 1. The molecule has 108 valence electrons. The number of thiazole rings is 1. The summed E-state index contributed by atoms with van der Waals surface area (Å²) in [5, 5.41) is 10.1. The zero-order chi connectivity index (χ0) is 14.5. The van der Waals surface area contributed by atoms with Crippen LogP contribution in [-0.4, -0.2) is 22.2 Å². The number of hydrogen-bond donors (Lipinski definition) is 1. The molecule has 1 aromatic heterocycles. The van der Waals surface area contributed by atoms with Gasteiger partial charge >= 0.3 is 5.97 Å². The van der Waals surface area contributed by atoms with E-state index in [-0.39, 0.29) is 0 Å². The number of benzene rings is 1. The Labute approximate surface area is 122 Å². The molecule has 1 N–H and O–H groups in total. The van der Waals surface area contributed by atoms with Gasteiger partial charge in [0, 0.05) is 0 Å². The Morgan fingerprint density at radius 3 is 2.90 bits per heavy atom. The third-order valence-electron chi connectivity index (χ3n) is 3.07. The first kappa shape index (κ1) is 14.8. The molecular formula is C15H19NO3S. The van der Waals surface area contributed by atoms with Crippen LogP contribution in [-0.2, 0) is 11.2 Å². The molecule has 0 bridgehead atoms. The highest BCUT2D eigenvalue weighted by molar-refractivity contribution is 7.18. The molecule has 0 spiro atoms. The number of ether oxygens (including phenoxy) is 1. The van der Waals surface area contributed by atoms with Gasteiger partial charge in [-0.3, -0.25) is 0 Å². The van der Waals surface area contributed by atoms with Crippen LogP contribution >= 0.6 is 11.3 Å². The largest absolute Gasteiger partial charge is 0.479 e. The molecule has 0 fully saturated rings. The molecule has 1 heterocycles. The number of nitrogens with zero attached hydrogens (tertiary/aromatic N) is 1. The summed E-state index contributed by atoms with van der Waals surface area (Å²) in [6.45, 7) is 3.96. The van der Waals surface area contributed by atoms with Gasteiger partial charge in [-0.15, -0.1) is 11.3 Å². The van der Waals surface area contributed by atoms with Crippen LogP contribution in [0.5, 0.6) is 5.75 Å². The Morgan fingerprint density at radius 1 is 1.45 bits per heavy atom. The Balaban J connectivity index is 2.18. The summed E-state index contributed by atoms with van der Waals surface area (Å²) < 4.78 is 6.55. The number of unbranched alkanes of at least 4 members (excludes halogenated alkanes) is 1. The van der Waals surface area contributed by atoms with E-state index in [1.165, 1.54) is 0 Å². The molecule has 4 nitrogen and oxygen atoms in total. The van der Waals surface area contributed by atoms with Crippen LogP contribution in [0.15, 0.2) is 18.2 Å². The van der Waals surface area contributed by atoms with Crippen LogP contribution in [0.2, 0.25) is 0 Å². The van der Waals surface area contributed by atoms with Gasteiger partial charge in [-0.05, 0) is 37.5 Å². The summed E-state index contributed by atoms with van der Waals surface area (Å²) in [5.74, 6) is -0.335. The maximum Gasteiger partial charge on any atom is 0.344 e. The van der Waals surface area contributed by atoms with E-state index in [1.54, 1.807) is 24.3 Å². The smallest absolute Gasteiger partial charge is 0.344 e. The summed E-state index contributed by atoms with van der Waals surface area (Å²) in [5.41, 5.74) is 0.955. The summed E-state index contributed by atoms with van der Waals surface area (Å²) in [4.78, 5) is 15.6. The first-order valence-electron chi connectivity index (χ1n) is 6.93. The standard InChI is InChI=1S/C15H19NO3S/c1-3-5-6-14-16-11-8-7-10(9-13(11)20-14)19-12(4-2)15(17)18/h7-9,12H,3-6H2,1-2H3,(H,17,18). The van der Waals surface area contributed by atoms with E-state index < -0.39 is 12.1 Å². The first-order chi connectivity index (χ1) is 9.63. The van der Waals surface area contributed by atoms with E-state index in [2.05, 4.69) is 11.9 Å². The lowest BCUT2D eigenvalue weighted by Gasteiger charge is -2.12. The fourth-order valence-electron chi connectivity index (χ4n) is 1.93. The number of carboxylic acid groups (broad SMARTS) is 1. The monoisotopic (exact) mass is 293 g/mol. The number of hydrogen-bond acceptors (Lipinski definition) is 4. The van der Waals surface area contributed by atoms with E-state index in [4.69, 9.17) is 9.84 Å². The maximum absolute atomic E-state index is 11.0. The topological polar surface area (TPSA) is 59.4 Å². The minimum atomic E-state index is -0.930. The van der Waals surface area contributed by atoms with Gasteiger partial charge in [0.15, 0.2) is 6.10 Å². The van der Waals surface area contributed by atoms with Gasteiger partial charge in [0.2, 0.25) is 0 Å². The average Bonchev–Trinajstić information content (AvgIpc) is 2.84. The van der Waals surface area contributed by atoms with Crippen LogP contribution in [0, 0.1) is 0 Å². The zero-order valence-electron chi connectivity index (χ0n) is 11.8. The third kappa shape index (κ3) is 3.48. The second-order valence-corrected chi connectivity index (χ2v) is 5.81. The molecule has 0 amide bonds. The van der Waals surface area contributed by atoms with Gasteiger partial charge in [0.25, 0.3) is 0 Å². The normalized spacial score (nSPS) is 12.5. The van der Waals surface area contributed by atoms with Crippen molar-refractivity contribution in [2.45, 2.75) is 45.6 Å². The van der Waals surface area contributed by atoms with Crippen molar-refractivity contribution < 1.29 is 14.6 Å². The highest BCUT2D eigenvalue weighted by Crippen LogP contribution is 2.28. The van der Waals surface area contributed by atoms with Crippen LogP contribution in [0.4, 0.5) is 0 Å². The highest BCUT2D eigenvalue weighted by atomic mass is 32.1. The highest BCUT2D eigenvalue weighted by Gasteiger charge is 2.17. The van der Waals surface area contributed by atoms with Crippen molar-refractivity contribution >= 4 is 27.5 Å². The molecule has 0 saturated carbocycles. The second-order valence-electron chi connectivity index (χ2n) is 4.69. The SMILES string of the molecule is CCCCc1nc2ccc(OC(CC)C(=O)O)cc2s1. The number of aryl methyl sites for hydroxylation is 1. The Morgan fingerprint density at radius 2 is 2.25 bits per heavy atom. The van der Waals surface area contributed by atoms with Crippen molar-refractivity contribution in [3.8, 4) is 5.75 Å². The number of rotatable bonds is 7. The predicted molar refractivity (Wildman–Crippen MR) is 80.6 cm³/mol. The molecule has 2 aromatic rings. The van der Waals surface area contributed by atoms with Gasteiger partial charge in [-0.2, -0.15) is 0 Å². The molecule has 0 aliphatic carbocycles. The van der Waals surface area contributed by atoms with Crippen LogP contribution in [0.3, 0.4) is 0 Å². The molecule has 1 unspecified atom stereocenters. The predicted octanol–water partition coefficient (Wildman–Crippen LogP) is 3.88. The minimum absolute atomic E-state index is 0.442. The van der Waals surface area contributed by atoms with E-state index in [1.807, 2.05) is 12.1 Å². The Hall–Kier alpha value is -1.62. The summed E-state index contributed by atoms with van der Waals surface area (Å²) in [6.07, 6.45) is 2.94. The van der Waals surface area contributed by atoms with Gasteiger partial charge in [0.05, 0.1) is 15.2 Å². The van der Waals surface area contributed by atoms with Crippen molar-refractivity contribution in [2.75, 3.05) is 0 Å². The quantitative estimate of drug-likeness (QED) is 0.841. The molecule has 2 rings (SSSR count). The number of aromatic nitrogens is 1. The lowest BCUT2D eigenvalue weighted by molar-refractivity contribution is -0.145. The molecule has 20 heavy (non-hydrogen) atoms. The van der Waals surface area contributed by atoms with E-state index >= 15 is 0 Å². The van der Waals surface area contributed by atoms with Crippen LogP contribution in [0.25, 0.3) is 10.2 Å². The average molecular weight is 293 g/mol. The van der Waals surface area contributed by atoms with E-state index in [0.717, 1.165) is 34.5 Å². The van der Waals surface area contributed by atoms with Crippen molar-refractivity contribution in [2.24, 2.45) is 0 Å². The first-order valence-corrected chi connectivity index (χ1v) is 7.74. The zero-order valence-corrected chi connectivity index (χ0v) is 12.6. The van der Waals surface area contributed by atoms with Crippen LogP contribution < -0.4 is 4.74 Å². The molecule has 0 aliphatic heterocycles. The number of carboxylic acids is 1. The van der Waals surface area contributed by atoms with Crippen molar-refractivity contribution in [1.82, 2.24) is 4.98 Å². The van der Waals surface area contributed by atoms with Crippen LogP contribution in [0.1, 0.15) is 38.1 Å². The van der Waals surface area contributed by atoms with E-state index in [0.29, 0.717) is 12.2 Å². The fourth-order valence-corrected chi connectivity index (χ4v) is 2.97. The number of fused-ring (bicyclic) bond motifs is 1. The van der Waals surface area contributed by atoms with Gasteiger partial charge in [-0.1, -0.05) is 20.3 Å². The summed E-state index contributed by atoms with van der Waals surface area (Å²) >= 11 is 1.66. The Kier molecular flexibility index (Phi) is 4.95. The maximum atomic E-state index is 11.0. The molecule has 0 saturated heterocycles. The third-order valence-corrected chi connectivity index (χ3v) is 4.15. The van der Waals surface area contributed by atoms with Crippen molar-refractivity contribution in [3.05, 3.63) is 23.2 Å². The lowest BCUT2D eigenvalue weighted by atomic mass is 10.2. The van der Waals surface area contributed by atoms with Gasteiger partial charge in [-0.25, -0.2) is 9.78 Å². The van der Waals surface area contributed by atoms with Crippen molar-refractivity contribution in [3.63, 3.8) is 0 Å². The lowest BCUT2D eigenvalue weighted by Crippen LogP contribution is -2.25. The fraction of sp³-hybridized carbons (Fsp3) is 0.467. The summed E-state index contributed by atoms with van der Waals surface area (Å²) in [6, 6.07) is 5.57. The molecular weight excluding hydrogens is 274 g/mol. The molecule has 0 radical (unpaired) electrons. The minimum Gasteiger partial charge on any atom is -0.479 e. The summed E-state index contributed by atoms with van der Waals surface area (Å²) in [7, 11) is 0. The van der Waals surface area contributed by atoms with E-state index in [9.17, 15) is 4.79 Å². The van der Waals surface area contributed by atoms with Crippen molar-refractivity contribution in [1.29, 1.82) is 0 Å². The Bertz CT molecular complexity index is 594. The second kappa shape index (κ2) is 6.70.